The standard InChI is InChI=1S/C16H30N8O.ClH/c1-3-12(2)14(15(25)23-9-7-19-8-10-23)24-11-13(21-22-24)5-4-6-20-16(17)18;/h11-12,14,19H,3-10H2,1-2H3,(H4,17,18,20);1H/p-1. The zero-order valence-corrected chi connectivity index (χ0v) is 16.3. The van der Waals surface area contributed by atoms with Gasteiger partial charge in [-0.2, -0.15) is 0 Å². The first kappa shape index (κ1) is 22.2. The number of guanidine groups is 1. The molecule has 2 atom stereocenters. The molecule has 148 valence electrons. The molecule has 0 saturated carbocycles. The Balaban J connectivity index is 0.00000338. The van der Waals surface area contributed by atoms with Crippen molar-refractivity contribution in [2.45, 2.75) is 39.2 Å². The fraction of sp³-hybridized carbons (Fsp3) is 0.750. The van der Waals surface area contributed by atoms with Gasteiger partial charge in [-0.05, 0) is 18.8 Å². The second-order valence-electron chi connectivity index (χ2n) is 6.51. The summed E-state index contributed by atoms with van der Waals surface area (Å²) in [5.41, 5.74) is 11.5. The molecule has 2 unspecified atom stereocenters. The van der Waals surface area contributed by atoms with E-state index >= 15 is 0 Å². The average molecular weight is 386 g/mol. The lowest BCUT2D eigenvalue weighted by atomic mass is 9.97. The van der Waals surface area contributed by atoms with Gasteiger partial charge in [-0.25, -0.2) is 4.68 Å². The highest BCUT2D eigenvalue weighted by Gasteiger charge is 2.31. The summed E-state index contributed by atoms with van der Waals surface area (Å²) in [5.74, 6) is 0.425. The maximum atomic E-state index is 13.0. The number of aryl methyl sites for hydroxylation is 1. The van der Waals surface area contributed by atoms with Crippen LogP contribution in [0.5, 0.6) is 0 Å². The summed E-state index contributed by atoms with van der Waals surface area (Å²) in [5, 5.41) is 11.7. The summed E-state index contributed by atoms with van der Waals surface area (Å²) < 4.78 is 1.73. The number of halogens is 1. The van der Waals surface area contributed by atoms with Crippen molar-refractivity contribution in [2.24, 2.45) is 22.4 Å². The van der Waals surface area contributed by atoms with Crippen molar-refractivity contribution in [3.63, 3.8) is 0 Å². The van der Waals surface area contributed by atoms with Crippen LogP contribution in [0.4, 0.5) is 0 Å². The normalized spacial score (nSPS) is 16.5. The van der Waals surface area contributed by atoms with E-state index < -0.39 is 0 Å². The van der Waals surface area contributed by atoms with Crippen molar-refractivity contribution in [2.75, 3.05) is 32.7 Å². The number of hydrogen-bond donors (Lipinski definition) is 3. The summed E-state index contributed by atoms with van der Waals surface area (Å²) in [7, 11) is 0. The molecule has 1 fully saturated rings. The lowest BCUT2D eigenvalue weighted by Gasteiger charge is -2.32. The van der Waals surface area contributed by atoms with Gasteiger partial charge in [0.1, 0.15) is 6.04 Å². The number of nitrogens with two attached hydrogens (primary N) is 2. The van der Waals surface area contributed by atoms with Crippen LogP contribution in [0.3, 0.4) is 0 Å². The minimum absolute atomic E-state index is 0. The summed E-state index contributed by atoms with van der Waals surface area (Å²) >= 11 is 0. The largest absolute Gasteiger partial charge is 1.00 e. The first-order valence-corrected chi connectivity index (χ1v) is 8.98. The van der Waals surface area contributed by atoms with Gasteiger partial charge in [-0.15, -0.1) is 5.10 Å². The van der Waals surface area contributed by atoms with Gasteiger partial charge in [0.05, 0.1) is 5.69 Å². The molecule has 1 aliphatic heterocycles. The molecular weight excluding hydrogens is 356 g/mol. The van der Waals surface area contributed by atoms with Crippen LogP contribution in [0.15, 0.2) is 11.2 Å². The molecule has 0 aliphatic carbocycles. The van der Waals surface area contributed by atoms with E-state index in [1.807, 2.05) is 11.1 Å². The van der Waals surface area contributed by atoms with Gasteiger partial charge in [-0.1, -0.05) is 25.5 Å². The molecule has 9 nitrogen and oxygen atoms in total. The number of aliphatic imine (C=N–C) groups is 1. The highest BCUT2D eigenvalue weighted by molar-refractivity contribution is 5.80. The molecular formula is C16H30ClN8O-. The van der Waals surface area contributed by atoms with E-state index in [1.54, 1.807) is 4.68 Å². The van der Waals surface area contributed by atoms with E-state index in [2.05, 4.69) is 34.5 Å². The molecule has 0 spiro atoms. The highest BCUT2D eigenvalue weighted by Crippen LogP contribution is 2.23. The van der Waals surface area contributed by atoms with E-state index in [1.165, 1.54) is 0 Å². The molecule has 10 heteroatoms. The summed E-state index contributed by atoms with van der Waals surface area (Å²) in [4.78, 5) is 18.9. The first-order valence-electron chi connectivity index (χ1n) is 8.98. The number of nitrogens with zero attached hydrogens (tertiary/aromatic N) is 5. The van der Waals surface area contributed by atoms with Crippen LogP contribution in [0.2, 0.25) is 0 Å². The fourth-order valence-electron chi connectivity index (χ4n) is 2.95. The van der Waals surface area contributed by atoms with Crippen LogP contribution in [0, 0.1) is 5.92 Å². The van der Waals surface area contributed by atoms with Crippen molar-refractivity contribution in [3.8, 4) is 0 Å². The Bertz CT molecular complexity index is 581. The average Bonchev–Trinajstić information content (AvgIpc) is 3.07. The van der Waals surface area contributed by atoms with Crippen LogP contribution < -0.4 is 29.2 Å². The quantitative estimate of drug-likeness (QED) is 0.242. The van der Waals surface area contributed by atoms with Crippen LogP contribution in [0.1, 0.15) is 38.4 Å². The number of aromatic nitrogens is 3. The third kappa shape index (κ3) is 6.14. The van der Waals surface area contributed by atoms with Crippen molar-refractivity contribution >= 4 is 11.9 Å². The lowest BCUT2D eigenvalue weighted by Crippen LogP contribution is -3.00. The Kier molecular flexibility index (Phi) is 9.36. The topological polar surface area (TPSA) is 127 Å². The van der Waals surface area contributed by atoms with Crippen molar-refractivity contribution in [3.05, 3.63) is 11.9 Å². The molecule has 26 heavy (non-hydrogen) atoms. The zero-order chi connectivity index (χ0) is 18.2. The Morgan fingerprint density at radius 3 is 2.69 bits per heavy atom. The van der Waals surface area contributed by atoms with Gasteiger partial charge in [0, 0.05) is 38.9 Å². The number of hydrogen-bond acceptors (Lipinski definition) is 5. The van der Waals surface area contributed by atoms with Crippen molar-refractivity contribution in [1.29, 1.82) is 0 Å². The Morgan fingerprint density at radius 2 is 2.08 bits per heavy atom. The van der Waals surface area contributed by atoms with Gasteiger partial charge in [0.25, 0.3) is 0 Å². The maximum Gasteiger partial charge on any atom is 0.247 e. The second kappa shape index (κ2) is 11.0. The smallest absolute Gasteiger partial charge is 0.247 e. The molecule has 0 bridgehead atoms. The number of rotatable bonds is 8. The van der Waals surface area contributed by atoms with E-state index in [4.69, 9.17) is 11.5 Å². The SMILES string of the molecule is CCC(C)C(C(=O)N1CCNCC1)n1cc(CCCN=C(N)N)nn1.[Cl-]. The summed E-state index contributed by atoms with van der Waals surface area (Å²) in [6.07, 6.45) is 4.30. The molecule has 1 saturated heterocycles. The Hall–Kier alpha value is -1.87. The minimum atomic E-state index is -0.304. The third-order valence-corrected chi connectivity index (χ3v) is 4.59. The van der Waals surface area contributed by atoms with Crippen molar-refractivity contribution < 1.29 is 17.2 Å². The number of amides is 1. The zero-order valence-electron chi connectivity index (χ0n) is 15.6. The number of piperazine rings is 1. The molecule has 5 N–H and O–H groups in total. The predicted octanol–water partition coefficient (Wildman–Crippen LogP) is -3.49. The number of carbonyl (C=O) groups is 1. The lowest BCUT2D eigenvalue weighted by molar-refractivity contribution is -0.137. The van der Waals surface area contributed by atoms with Crippen LogP contribution in [-0.2, 0) is 11.2 Å². The first-order chi connectivity index (χ1) is 12.0. The molecule has 1 aromatic rings. The monoisotopic (exact) mass is 385 g/mol. The number of nitrogens with one attached hydrogen (secondary N) is 1. The maximum absolute atomic E-state index is 13.0. The van der Waals surface area contributed by atoms with Gasteiger partial charge in [0.15, 0.2) is 5.96 Å². The molecule has 1 amide bonds. The van der Waals surface area contributed by atoms with E-state index in [-0.39, 0.29) is 36.2 Å². The Labute approximate surface area is 161 Å². The van der Waals surface area contributed by atoms with Gasteiger partial charge in [-0.3, -0.25) is 9.79 Å². The molecule has 0 radical (unpaired) electrons. The van der Waals surface area contributed by atoms with Gasteiger partial charge in [0.2, 0.25) is 5.91 Å². The molecule has 1 aromatic heterocycles. The van der Waals surface area contributed by atoms with E-state index in [9.17, 15) is 4.79 Å². The van der Waals surface area contributed by atoms with Gasteiger partial charge >= 0.3 is 0 Å². The van der Waals surface area contributed by atoms with E-state index in [0.717, 1.165) is 51.1 Å². The van der Waals surface area contributed by atoms with E-state index in [0.29, 0.717) is 6.54 Å². The van der Waals surface area contributed by atoms with Crippen LogP contribution >= 0.6 is 0 Å². The fourth-order valence-corrected chi connectivity index (χ4v) is 2.95. The van der Waals surface area contributed by atoms with Crippen LogP contribution in [-0.4, -0.2) is 64.5 Å². The van der Waals surface area contributed by atoms with Gasteiger partial charge < -0.3 is 34.1 Å². The minimum Gasteiger partial charge on any atom is -1.00 e. The molecule has 2 rings (SSSR count). The predicted molar refractivity (Wildman–Crippen MR) is 97.0 cm³/mol. The summed E-state index contributed by atoms with van der Waals surface area (Å²) in [6.45, 7) is 7.90. The highest BCUT2D eigenvalue weighted by atomic mass is 35.5. The van der Waals surface area contributed by atoms with Crippen LogP contribution in [0.25, 0.3) is 0 Å². The Morgan fingerprint density at radius 1 is 1.38 bits per heavy atom. The van der Waals surface area contributed by atoms with Crippen molar-refractivity contribution in [1.82, 2.24) is 25.2 Å². The molecule has 1 aliphatic rings. The third-order valence-electron chi connectivity index (χ3n) is 4.59. The number of carbonyl (C=O) groups excluding carboxylic acids is 1. The summed E-state index contributed by atoms with van der Waals surface area (Å²) in [6, 6.07) is -0.304. The molecule has 0 aromatic carbocycles. The molecule has 2 heterocycles. The second-order valence-corrected chi connectivity index (χ2v) is 6.51.